The van der Waals surface area contributed by atoms with Crippen molar-refractivity contribution in [3.63, 3.8) is 0 Å². The molecular formula is C19H19FN4O. The molecule has 1 aliphatic rings. The van der Waals surface area contributed by atoms with Crippen molar-refractivity contribution in [2.45, 2.75) is 25.7 Å². The molecule has 0 radical (unpaired) electrons. The van der Waals surface area contributed by atoms with E-state index in [2.05, 4.69) is 20.0 Å². The first-order chi connectivity index (χ1) is 12.3. The summed E-state index contributed by atoms with van der Waals surface area (Å²) in [5, 5.41) is 3.99. The molecule has 0 aliphatic carbocycles. The Morgan fingerprint density at radius 2 is 1.88 bits per heavy atom. The molecule has 0 spiro atoms. The molecule has 2 aromatic heterocycles. The quantitative estimate of drug-likeness (QED) is 0.723. The van der Waals surface area contributed by atoms with Gasteiger partial charge < -0.3 is 9.42 Å². The maximum atomic E-state index is 13.7. The highest BCUT2D eigenvalue weighted by molar-refractivity contribution is 5.56. The van der Waals surface area contributed by atoms with Crippen LogP contribution in [0.15, 0.2) is 47.1 Å². The molecule has 1 aliphatic heterocycles. The normalized spacial score (nSPS) is 14.7. The Labute approximate surface area is 145 Å². The van der Waals surface area contributed by atoms with Crippen LogP contribution in [0.25, 0.3) is 11.4 Å². The third-order valence-electron chi connectivity index (χ3n) is 4.45. The second-order valence-electron chi connectivity index (χ2n) is 6.23. The lowest BCUT2D eigenvalue weighted by molar-refractivity contribution is 0.384. The fourth-order valence-corrected chi connectivity index (χ4v) is 3.08. The summed E-state index contributed by atoms with van der Waals surface area (Å²) in [5.41, 5.74) is 1.33. The van der Waals surface area contributed by atoms with Gasteiger partial charge in [-0.2, -0.15) is 4.98 Å². The minimum Gasteiger partial charge on any atom is -0.357 e. The molecule has 0 N–H and O–H groups in total. The second kappa shape index (κ2) is 7.01. The van der Waals surface area contributed by atoms with E-state index in [4.69, 9.17) is 4.52 Å². The molecule has 0 bridgehead atoms. The van der Waals surface area contributed by atoms with Crippen molar-refractivity contribution >= 4 is 5.82 Å². The Hall–Kier alpha value is -2.76. The lowest BCUT2D eigenvalue weighted by atomic mass is 10.1. The van der Waals surface area contributed by atoms with Crippen LogP contribution >= 0.6 is 0 Å². The van der Waals surface area contributed by atoms with Crippen LogP contribution in [-0.4, -0.2) is 28.2 Å². The molecule has 1 saturated heterocycles. The molecule has 1 fully saturated rings. The molecule has 4 rings (SSSR count). The average Bonchev–Trinajstić information content (AvgIpc) is 3.13. The van der Waals surface area contributed by atoms with E-state index in [0.29, 0.717) is 17.3 Å². The topological polar surface area (TPSA) is 55.1 Å². The van der Waals surface area contributed by atoms with E-state index in [1.165, 1.54) is 25.3 Å². The van der Waals surface area contributed by atoms with Crippen LogP contribution in [0.5, 0.6) is 0 Å². The molecule has 0 unspecified atom stereocenters. The summed E-state index contributed by atoms with van der Waals surface area (Å²) in [4.78, 5) is 11.2. The van der Waals surface area contributed by atoms with Gasteiger partial charge in [0, 0.05) is 24.8 Å². The van der Waals surface area contributed by atoms with Crippen LogP contribution < -0.4 is 4.90 Å². The van der Waals surface area contributed by atoms with E-state index in [1.54, 1.807) is 24.4 Å². The molecule has 0 amide bonds. The third-order valence-corrected chi connectivity index (χ3v) is 4.45. The summed E-state index contributed by atoms with van der Waals surface area (Å²) in [7, 11) is 0. The molecule has 128 valence electrons. The Balaban J connectivity index is 1.49. The van der Waals surface area contributed by atoms with Crippen molar-refractivity contribution in [3.8, 4) is 11.4 Å². The van der Waals surface area contributed by atoms with E-state index in [0.717, 1.165) is 24.5 Å². The summed E-state index contributed by atoms with van der Waals surface area (Å²) in [5.74, 6) is 1.58. The van der Waals surface area contributed by atoms with Crippen molar-refractivity contribution in [1.82, 2.24) is 15.1 Å². The number of halogens is 1. The van der Waals surface area contributed by atoms with Crippen LogP contribution in [0.4, 0.5) is 10.2 Å². The van der Waals surface area contributed by atoms with Crippen LogP contribution in [0.2, 0.25) is 0 Å². The maximum absolute atomic E-state index is 13.7. The van der Waals surface area contributed by atoms with Gasteiger partial charge >= 0.3 is 0 Å². The first-order valence-corrected chi connectivity index (χ1v) is 8.57. The molecule has 1 aromatic carbocycles. The van der Waals surface area contributed by atoms with Crippen LogP contribution in [0.1, 0.15) is 30.7 Å². The first-order valence-electron chi connectivity index (χ1n) is 8.57. The van der Waals surface area contributed by atoms with Crippen molar-refractivity contribution < 1.29 is 8.91 Å². The van der Waals surface area contributed by atoms with Gasteiger partial charge in [0.1, 0.15) is 11.6 Å². The van der Waals surface area contributed by atoms with E-state index >= 15 is 0 Å². The highest BCUT2D eigenvalue weighted by atomic mass is 19.1. The number of benzene rings is 1. The van der Waals surface area contributed by atoms with Crippen molar-refractivity contribution in [2.75, 3.05) is 18.0 Å². The van der Waals surface area contributed by atoms with Crippen LogP contribution in [0, 0.1) is 5.82 Å². The molecule has 5 nitrogen and oxygen atoms in total. The van der Waals surface area contributed by atoms with Crippen LogP contribution in [0.3, 0.4) is 0 Å². The number of hydrogen-bond acceptors (Lipinski definition) is 5. The van der Waals surface area contributed by atoms with Crippen molar-refractivity contribution in [2.24, 2.45) is 0 Å². The lowest BCUT2D eigenvalue weighted by Gasteiger charge is -2.27. The van der Waals surface area contributed by atoms with Gasteiger partial charge in [-0.25, -0.2) is 9.37 Å². The Kier molecular flexibility index (Phi) is 4.41. The minimum absolute atomic E-state index is 0.269. The van der Waals surface area contributed by atoms with Gasteiger partial charge in [0.25, 0.3) is 0 Å². The zero-order valence-corrected chi connectivity index (χ0v) is 13.9. The zero-order valence-electron chi connectivity index (χ0n) is 13.9. The van der Waals surface area contributed by atoms with Crippen LogP contribution in [-0.2, 0) is 6.42 Å². The number of rotatable bonds is 4. The molecule has 25 heavy (non-hydrogen) atoms. The Bertz CT molecular complexity index is 841. The largest absolute Gasteiger partial charge is 0.357 e. The third kappa shape index (κ3) is 3.52. The average molecular weight is 338 g/mol. The molecular weight excluding hydrogens is 319 g/mol. The fraction of sp³-hybridized carbons (Fsp3) is 0.316. The summed E-state index contributed by atoms with van der Waals surface area (Å²) in [6.45, 7) is 2.11. The highest BCUT2D eigenvalue weighted by Crippen LogP contribution is 2.22. The summed E-state index contributed by atoms with van der Waals surface area (Å²) < 4.78 is 19.0. The van der Waals surface area contributed by atoms with Gasteiger partial charge in [0.15, 0.2) is 0 Å². The van der Waals surface area contributed by atoms with Gasteiger partial charge in [-0.05, 0) is 43.0 Å². The predicted octanol–water partition coefficient (Wildman–Crippen LogP) is 3.85. The zero-order chi connectivity index (χ0) is 17.1. The monoisotopic (exact) mass is 338 g/mol. The van der Waals surface area contributed by atoms with Gasteiger partial charge in [-0.15, -0.1) is 0 Å². The number of aromatic nitrogens is 3. The van der Waals surface area contributed by atoms with E-state index in [1.807, 2.05) is 12.1 Å². The molecule has 3 aromatic rings. The molecule has 0 saturated carbocycles. The minimum atomic E-state index is -0.269. The van der Waals surface area contributed by atoms with Crippen molar-refractivity contribution in [3.05, 3.63) is 59.9 Å². The molecule has 3 heterocycles. The van der Waals surface area contributed by atoms with Crippen molar-refractivity contribution in [1.29, 1.82) is 0 Å². The molecule has 0 atom stereocenters. The highest BCUT2D eigenvalue weighted by Gasteiger charge is 2.14. The second-order valence-corrected chi connectivity index (χ2v) is 6.23. The van der Waals surface area contributed by atoms with Gasteiger partial charge in [0.2, 0.25) is 11.7 Å². The standard InChI is InChI=1S/C19H19FN4O/c20-16-7-3-2-6-14(16)12-18-22-19(23-25-18)15-8-9-17(21-13-15)24-10-4-1-5-11-24/h2-3,6-9,13H,1,4-5,10-12H2. The van der Waals surface area contributed by atoms with E-state index in [-0.39, 0.29) is 12.2 Å². The number of anilines is 1. The number of nitrogens with zero attached hydrogens (tertiary/aromatic N) is 4. The van der Waals surface area contributed by atoms with Gasteiger partial charge in [-0.1, -0.05) is 23.4 Å². The number of hydrogen-bond donors (Lipinski definition) is 0. The Morgan fingerprint density at radius 3 is 2.64 bits per heavy atom. The number of piperidine rings is 1. The SMILES string of the molecule is Fc1ccccc1Cc1nc(-c2ccc(N3CCCCC3)nc2)no1. The first kappa shape index (κ1) is 15.7. The van der Waals surface area contributed by atoms with Gasteiger partial charge in [-0.3, -0.25) is 0 Å². The fourth-order valence-electron chi connectivity index (χ4n) is 3.08. The predicted molar refractivity (Wildman–Crippen MR) is 92.8 cm³/mol. The summed E-state index contributed by atoms with van der Waals surface area (Å²) in [6, 6.07) is 10.5. The molecule has 6 heteroatoms. The number of pyridine rings is 1. The Morgan fingerprint density at radius 1 is 1.04 bits per heavy atom. The van der Waals surface area contributed by atoms with Gasteiger partial charge in [0.05, 0.1) is 6.42 Å². The lowest BCUT2D eigenvalue weighted by Crippen LogP contribution is -2.29. The smallest absolute Gasteiger partial charge is 0.231 e. The summed E-state index contributed by atoms with van der Waals surface area (Å²) >= 11 is 0. The summed E-state index contributed by atoms with van der Waals surface area (Å²) in [6.07, 6.45) is 5.77. The maximum Gasteiger partial charge on any atom is 0.231 e. The van der Waals surface area contributed by atoms with E-state index < -0.39 is 0 Å². The van der Waals surface area contributed by atoms with E-state index in [9.17, 15) is 4.39 Å².